The van der Waals surface area contributed by atoms with Gasteiger partial charge in [0.25, 0.3) is 5.91 Å². The fourth-order valence-electron chi connectivity index (χ4n) is 4.44. The highest BCUT2D eigenvalue weighted by Crippen LogP contribution is 2.53. The fourth-order valence-corrected chi connectivity index (χ4v) is 4.44. The van der Waals surface area contributed by atoms with Crippen molar-refractivity contribution in [2.75, 3.05) is 0 Å². The van der Waals surface area contributed by atoms with Gasteiger partial charge in [0.15, 0.2) is 0 Å². The van der Waals surface area contributed by atoms with Gasteiger partial charge >= 0.3 is 0 Å². The molecule has 4 heteroatoms. The Balaban J connectivity index is 1.52. The van der Waals surface area contributed by atoms with E-state index < -0.39 is 0 Å². The van der Waals surface area contributed by atoms with E-state index in [0.717, 1.165) is 49.9 Å². The van der Waals surface area contributed by atoms with E-state index in [1.54, 1.807) is 12.3 Å². The van der Waals surface area contributed by atoms with Gasteiger partial charge in [-0.1, -0.05) is 18.1 Å². The highest BCUT2D eigenvalue weighted by atomic mass is 16.2. The fraction of sp³-hybridized carbons (Fsp3) is 0.409. The Kier molecular flexibility index (Phi) is 4.24. The van der Waals surface area contributed by atoms with Crippen LogP contribution in [-0.4, -0.2) is 21.4 Å². The highest BCUT2D eigenvalue weighted by Gasteiger charge is 2.51. The minimum Gasteiger partial charge on any atom is -0.345 e. The monoisotopic (exact) mass is 345 g/mol. The Hall–Kier alpha value is -2.67. The molecule has 2 aromatic rings. The SMILES string of the molecule is Cc1cccc(C#C[C@@]23CCC[C@@](NC(=O)c4ccccn4)(CC2)C3)n1. The molecule has 0 unspecified atom stereocenters. The average molecular weight is 345 g/mol. The van der Waals surface area contributed by atoms with Gasteiger partial charge in [0.1, 0.15) is 11.4 Å². The van der Waals surface area contributed by atoms with E-state index >= 15 is 0 Å². The van der Waals surface area contributed by atoms with Gasteiger partial charge in [0.2, 0.25) is 0 Å². The third kappa shape index (κ3) is 3.35. The van der Waals surface area contributed by atoms with Crippen LogP contribution < -0.4 is 5.32 Å². The summed E-state index contributed by atoms with van der Waals surface area (Å²) in [5, 5.41) is 3.29. The van der Waals surface area contributed by atoms with Crippen LogP contribution in [0.25, 0.3) is 0 Å². The predicted molar refractivity (Wildman–Crippen MR) is 100 cm³/mol. The van der Waals surface area contributed by atoms with Crippen molar-refractivity contribution in [1.82, 2.24) is 15.3 Å². The highest BCUT2D eigenvalue weighted by molar-refractivity contribution is 5.92. The summed E-state index contributed by atoms with van der Waals surface area (Å²) in [6, 6.07) is 11.4. The largest absolute Gasteiger partial charge is 0.345 e. The maximum atomic E-state index is 12.6. The summed E-state index contributed by atoms with van der Waals surface area (Å²) in [6.07, 6.45) is 7.84. The van der Waals surface area contributed by atoms with Crippen molar-refractivity contribution < 1.29 is 4.79 Å². The van der Waals surface area contributed by atoms with E-state index in [1.807, 2.05) is 37.3 Å². The summed E-state index contributed by atoms with van der Waals surface area (Å²) in [6.45, 7) is 1.98. The number of hydrogen-bond acceptors (Lipinski definition) is 3. The zero-order valence-electron chi connectivity index (χ0n) is 15.1. The number of pyridine rings is 2. The molecule has 2 aliphatic carbocycles. The molecule has 0 spiro atoms. The minimum absolute atomic E-state index is 0.00106. The zero-order chi connectivity index (χ0) is 18.0. The van der Waals surface area contributed by atoms with E-state index in [-0.39, 0.29) is 16.9 Å². The first-order valence-corrected chi connectivity index (χ1v) is 9.29. The molecule has 26 heavy (non-hydrogen) atoms. The first kappa shape index (κ1) is 16.8. The molecule has 0 radical (unpaired) electrons. The van der Waals surface area contributed by atoms with Crippen LogP contribution in [0.1, 0.15) is 60.4 Å². The maximum Gasteiger partial charge on any atom is 0.270 e. The first-order valence-electron chi connectivity index (χ1n) is 9.29. The van der Waals surface area contributed by atoms with Crippen molar-refractivity contribution in [1.29, 1.82) is 0 Å². The number of rotatable bonds is 2. The number of fused-ring (bicyclic) bond motifs is 2. The summed E-state index contributed by atoms with van der Waals surface area (Å²) in [4.78, 5) is 21.3. The van der Waals surface area contributed by atoms with Gasteiger partial charge in [-0.05, 0) is 75.6 Å². The average Bonchev–Trinajstić information content (AvgIpc) is 2.91. The molecule has 2 aromatic heterocycles. The number of hydrogen-bond donors (Lipinski definition) is 1. The van der Waals surface area contributed by atoms with Gasteiger partial charge in [-0.2, -0.15) is 0 Å². The van der Waals surface area contributed by atoms with Crippen molar-refractivity contribution in [2.45, 2.75) is 51.0 Å². The Morgan fingerprint density at radius 1 is 1.12 bits per heavy atom. The second-order valence-electron chi connectivity index (χ2n) is 7.67. The Labute approximate surface area is 154 Å². The molecule has 4 nitrogen and oxygen atoms in total. The van der Waals surface area contributed by atoms with Gasteiger partial charge in [-0.15, -0.1) is 0 Å². The zero-order valence-corrected chi connectivity index (χ0v) is 15.1. The standard InChI is InChI=1S/C22H23N3O/c1-17-6-4-7-18(24-17)9-12-21-10-5-11-22(16-21,14-13-21)25-20(26)19-8-2-3-15-23-19/h2-4,6-8,15H,5,10-11,13-14,16H2,1H3,(H,25,26)/t21-,22+/m0/s1. The lowest BCUT2D eigenvalue weighted by Crippen LogP contribution is -2.49. The Bertz CT molecular complexity index is 883. The lowest BCUT2D eigenvalue weighted by Gasteiger charge is -2.37. The molecule has 2 heterocycles. The normalized spacial score (nSPS) is 26.7. The summed E-state index contributed by atoms with van der Waals surface area (Å²) in [5.41, 5.74) is 2.17. The first-order chi connectivity index (χ1) is 12.6. The molecule has 0 aromatic carbocycles. The molecule has 0 aliphatic heterocycles. The number of aryl methyl sites for hydroxylation is 1. The molecule has 132 valence electrons. The molecular weight excluding hydrogens is 322 g/mol. The van der Waals surface area contributed by atoms with Crippen molar-refractivity contribution in [2.24, 2.45) is 5.41 Å². The lowest BCUT2D eigenvalue weighted by atomic mass is 9.73. The van der Waals surface area contributed by atoms with Crippen LogP contribution in [0.5, 0.6) is 0 Å². The van der Waals surface area contributed by atoms with Gasteiger partial charge in [-0.3, -0.25) is 9.78 Å². The number of amides is 1. The third-order valence-electron chi connectivity index (χ3n) is 5.69. The van der Waals surface area contributed by atoms with Crippen LogP contribution in [0.4, 0.5) is 0 Å². The molecule has 1 amide bonds. The Morgan fingerprint density at radius 3 is 2.85 bits per heavy atom. The molecule has 0 saturated heterocycles. The predicted octanol–water partition coefficient (Wildman–Crippen LogP) is 3.66. The summed E-state index contributed by atoms with van der Waals surface area (Å²) in [7, 11) is 0. The molecule has 4 rings (SSSR count). The molecule has 2 bridgehead atoms. The second kappa shape index (κ2) is 6.57. The molecular formula is C22H23N3O. The van der Waals surface area contributed by atoms with Gasteiger partial charge < -0.3 is 5.32 Å². The molecule has 2 fully saturated rings. The number of aromatic nitrogens is 2. The van der Waals surface area contributed by atoms with Gasteiger partial charge in [0, 0.05) is 22.8 Å². The smallest absolute Gasteiger partial charge is 0.270 e. The van der Waals surface area contributed by atoms with Crippen molar-refractivity contribution in [3.05, 3.63) is 59.7 Å². The third-order valence-corrected chi connectivity index (χ3v) is 5.69. The van der Waals surface area contributed by atoms with Gasteiger partial charge in [0.05, 0.1) is 0 Å². The number of nitrogens with zero attached hydrogens (tertiary/aromatic N) is 2. The van der Waals surface area contributed by atoms with Crippen molar-refractivity contribution in [3.8, 4) is 11.8 Å². The summed E-state index contributed by atoms with van der Waals surface area (Å²) < 4.78 is 0. The van der Waals surface area contributed by atoms with Crippen LogP contribution in [0.15, 0.2) is 42.6 Å². The van der Waals surface area contributed by atoms with Crippen LogP contribution in [0.3, 0.4) is 0 Å². The maximum absolute atomic E-state index is 12.6. The van der Waals surface area contributed by atoms with Crippen LogP contribution >= 0.6 is 0 Å². The second-order valence-corrected chi connectivity index (χ2v) is 7.67. The number of carbonyl (C=O) groups is 1. The molecule has 2 saturated carbocycles. The van der Waals surface area contributed by atoms with E-state index in [4.69, 9.17) is 0 Å². The van der Waals surface area contributed by atoms with E-state index in [9.17, 15) is 4.79 Å². The molecule has 2 aliphatic rings. The molecule has 1 N–H and O–H groups in total. The minimum atomic E-state index is -0.137. The van der Waals surface area contributed by atoms with E-state index in [1.165, 1.54) is 0 Å². The number of carbonyl (C=O) groups excluding carboxylic acids is 1. The van der Waals surface area contributed by atoms with E-state index in [2.05, 4.69) is 27.1 Å². The lowest BCUT2D eigenvalue weighted by molar-refractivity contribution is 0.0866. The van der Waals surface area contributed by atoms with Gasteiger partial charge in [-0.25, -0.2) is 4.98 Å². The summed E-state index contributed by atoms with van der Waals surface area (Å²) >= 11 is 0. The van der Waals surface area contributed by atoms with E-state index in [0.29, 0.717) is 5.69 Å². The van der Waals surface area contributed by atoms with Crippen LogP contribution in [0, 0.1) is 24.2 Å². The Morgan fingerprint density at radius 2 is 2.04 bits per heavy atom. The van der Waals surface area contributed by atoms with Crippen molar-refractivity contribution >= 4 is 5.91 Å². The van der Waals surface area contributed by atoms with Crippen LogP contribution in [-0.2, 0) is 0 Å². The van der Waals surface area contributed by atoms with Crippen molar-refractivity contribution in [3.63, 3.8) is 0 Å². The summed E-state index contributed by atoms with van der Waals surface area (Å²) in [5.74, 6) is 6.75. The topological polar surface area (TPSA) is 54.9 Å². The molecule has 2 atom stereocenters. The van der Waals surface area contributed by atoms with Crippen LogP contribution in [0.2, 0.25) is 0 Å². The quantitative estimate of drug-likeness (QED) is 0.845. The number of nitrogens with one attached hydrogen (secondary N) is 1.